The molecule has 0 atom stereocenters. The molecule has 4 rings (SSSR count). The number of nitrogens with two attached hydrogens (primary N) is 1. The number of pyridine rings is 1. The van der Waals surface area contributed by atoms with E-state index in [-0.39, 0.29) is 34.3 Å². The minimum atomic E-state index is -3.80. The minimum Gasteiger partial charge on any atom is -0.393 e. The monoisotopic (exact) mass is 479 g/mol. The summed E-state index contributed by atoms with van der Waals surface area (Å²) >= 11 is 0. The van der Waals surface area contributed by atoms with Crippen molar-refractivity contribution >= 4 is 15.8 Å². The second-order valence-corrected chi connectivity index (χ2v) is 9.73. The summed E-state index contributed by atoms with van der Waals surface area (Å²) in [7, 11) is -3.80. The Kier molecular flexibility index (Phi) is 6.41. The van der Waals surface area contributed by atoms with Crippen LogP contribution in [0.25, 0.3) is 22.6 Å². The largest absolute Gasteiger partial charge is 0.393 e. The van der Waals surface area contributed by atoms with Crippen molar-refractivity contribution in [2.45, 2.75) is 56.1 Å². The van der Waals surface area contributed by atoms with Crippen LogP contribution in [0, 0.1) is 6.92 Å². The highest BCUT2D eigenvalue weighted by molar-refractivity contribution is 7.89. The van der Waals surface area contributed by atoms with Gasteiger partial charge in [0.05, 0.1) is 16.6 Å². The molecular weight excluding hydrogens is 456 g/mol. The second kappa shape index (κ2) is 9.12. The number of aliphatic hydroxyl groups excluding tert-OH is 1. The molecule has 33 heavy (non-hydrogen) atoms. The first kappa shape index (κ1) is 23.2. The topological polar surface area (TPSA) is 144 Å². The number of anilines is 1. The van der Waals surface area contributed by atoms with E-state index in [9.17, 15) is 22.3 Å². The standard InChI is InChI=1S/C21H23F2N5O4S/c1-11-2-7-15(33(30,31)28-13-3-5-14(29)6-4-13)9-16(11)12-8-17(19(24)25-10-12)21-26-20(18(22)23)27-32-21/h2,7-10,13-14,18,28-29H,3-6H2,1H3,(H2,24,25). The molecule has 9 nitrogen and oxygen atoms in total. The van der Waals surface area contributed by atoms with Crippen LogP contribution < -0.4 is 10.5 Å². The number of sulfonamides is 1. The van der Waals surface area contributed by atoms with E-state index in [0.29, 0.717) is 36.8 Å². The summed E-state index contributed by atoms with van der Waals surface area (Å²) in [4.78, 5) is 7.82. The van der Waals surface area contributed by atoms with Crippen molar-refractivity contribution in [1.29, 1.82) is 0 Å². The van der Waals surface area contributed by atoms with Crippen LogP contribution in [0.5, 0.6) is 0 Å². The minimum absolute atomic E-state index is 0.00537. The molecule has 4 N–H and O–H groups in total. The highest BCUT2D eigenvalue weighted by atomic mass is 32.2. The molecule has 2 heterocycles. The van der Waals surface area contributed by atoms with E-state index < -0.39 is 22.3 Å². The number of aliphatic hydroxyl groups is 1. The Balaban J connectivity index is 1.66. The number of benzene rings is 1. The van der Waals surface area contributed by atoms with Gasteiger partial charge >= 0.3 is 6.43 Å². The average molecular weight is 480 g/mol. The van der Waals surface area contributed by atoms with Crippen LogP contribution in [0.4, 0.5) is 14.6 Å². The Bertz CT molecular complexity index is 1260. The lowest BCUT2D eigenvalue weighted by Gasteiger charge is -2.26. The van der Waals surface area contributed by atoms with Gasteiger partial charge in [-0.25, -0.2) is 26.9 Å². The Labute approximate surface area is 189 Å². The molecule has 12 heteroatoms. The Morgan fingerprint density at radius 3 is 2.58 bits per heavy atom. The molecule has 1 aromatic carbocycles. The van der Waals surface area contributed by atoms with Crippen molar-refractivity contribution in [2.75, 3.05) is 5.73 Å². The molecule has 3 aromatic rings. The third-order valence-electron chi connectivity index (χ3n) is 5.63. The molecule has 0 spiro atoms. The van der Waals surface area contributed by atoms with Crippen molar-refractivity contribution < 1.29 is 26.8 Å². The molecule has 2 aromatic heterocycles. The highest BCUT2D eigenvalue weighted by Gasteiger charge is 2.26. The van der Waals surface area contributed by atoms with Crippen LogP contribution in [-0.2, 0) is 10.0 Å². The summed E-state index contributed by atoms with van der Waals surface area (Å²) in [5, 5.41) is 12.9. The summed E-state index contributed by atoms with van der Waals surface area (Å²) in [6.07, 6.45) is 0.399. The number of halogens is 2. The SMILES string of the molecule is Cc1ccc(S(=O)(=O)NC2CCC(O)CC2)cc1-c1cnc(N)c(-c2nc(C(F)F)no2)c1. The highest BCUT2D eigenvalue weighted by Crippen LogP contribution is 2.32. The van der Waals surface area contributed by atoms with Crippen molar-refractivity contribution in [3.05, 3.63) is 41.9 Å². The van der Waals surface area contributed by atoms with Crippen molar-refractivity contribution in [1.82, 2.24) is 19.8 Å². The third-order valence-corrected chi connectivity index (χ3v) is 7.15. The van der Waals surface area contributed by atoms with E-state index in [1.165, 1.54) is 18.3 Å². The second-order valence-electron chi connectivity index (χ2n) is 8.02. The lowest BCUT2D eigenvalue weighted by molar-refractivity contribution is 0.120. The smallest absolute Gasteiger partial charge is 0.300 e. The van der Waals surface area contributed by atoms with E-state index in [1.54, 1.807) is 19.1 Å². The number of aryl methyl sites for hydroxylation is 1. The van der Waals surface area contributed by atoms with E-state index in [2.05, 4.69) is 19.8 Å². The van der Waals surface area contributed by atoms with Crippen LogP contribution in [-0.4, -0.2) is 40.8 Å². The van der Waals surface area contributed by atoms with Crippen LogP contribution in [0.15, 0.2) is 39.9 Å². The maximum Gasteiger partial charge on any atom is 0.300 e. The van der Waals surface area contributed by atoms with Crippen LogP contribution in [0.2, 0.25) is 0 Å². The fourth-order valence-corrected chi connectivity index (χ4v) is 5.12. The molecule has 0 amide bonds. The van der Waals surface area contributed by atoms with Crippen LogP contribution in [0.3, 0.4) is 0 Å². The van der Waals surface area contributed by atoms with Gasteiger partial charge in [0, 0.05) is 17.8 Å². The Morgan fingerprint density at radius 2 is 1.91 bits per heavy atom. The number of nitrogen functional groups attached to an aromatic ring is 1. The predicted octanol–water partition coefficient (Wildman–Crippen LogP) is 3.21. The van der Waals surface area contributed by atoms with Gasteiger partial charge in [-0.3, -0.25) is 0 Å². The van der Waals surface area contributed by atoms with Gasteiger partial charge in [0.15, 0.2) is 0 Å². The number of nitrogens with one attached hydrogen (secondary N) is 1. The number of rotatable bonds is 6. The van der Waals surface area contributed by atoms with Crippen molar-refractivity contribution in [2.24, 2.45) is 0 Å². The number of hydrogen-bond donors (Lipinski definition) is 3. The third kappa shape index (κ3) is 5.02. The first-order chi connectivity index (χ1) is 15.6. The van der Waals surface area contributed by atoms with Gasteiger partial charge in [-0.05, 0) is 61.9 Å². The quantitative estimate of drug-likeness (QED) is 0.489. The normalized spacial score (nSPS) is 19.2. The number of aromatic nitrogens is 3. The molecule has 1 fully saturated rings. The lowest BCUT2D eigenvalue weighted by Crippen LogP contribution is -2.38. The van der Waals surface area contributed by atoms with Gasteiger partial charge in [-0.15, -0.1) is 0 Å². The maximum absolute atomic E-state index is 13.0. The van der Waals surface area contributed by atoms with Gasteiger partial charge in [0.1, 0.15) is 5.82 Å². The predicted molar refractivity (Wildman–Crippen MR) is 116 cm³/mol. The van der Waals surface area contributed by atoms with Crippen LogP contribution in [0.1, 0.15) is 43.5 Å². The molecule has 0 radical (unpaired) electrons. The molecular formula is C21H23F2N5O4S. The first-order valence-electron chi connectivity index (χ1n) is 10.3. The van der Waals surface area contributed by atoms with Gasteiger partial charge in [-0.1, -0.05) is 11.2 Å². The van der Waals surface area contributed by atoms with Crippen molar-refractivity contribution in [3.63, 3.8) is 0 Å². The zero-order chi connectivity index (χ0) is 23.8. The number of nitrogens with zero attached hydrogens (tertiary/aromatic N) is 3. The summed E-state index contributed by atoms with van der Waals surface area (Å²) in [5.41, 5.74) is 7.90. The summed E-state index contributed by atoms with van der Waals surface area (Å²) in [6.45, 7) is 1.80. The summed E-state index contributed by atoms with van der Waals surface area (Å²) in [6, 6.07) is 6.00. The fourth-order valence-electron chi connectivity index (χ4n) is 3.79. The van der Waals surface area contributed by atoms with E-state index in [4.69, 9.17) is 10.3 Å². The van der Waals surface area contributed by atoms with Gasteiger partial charge < -0.3 is 15.4 Å². The fraction of sp³-hybridized carbons (Fsp3) is 0.381. The van der Waals surface area contributed by atoms with Crippen molar-refractivity contribution in [3.8, 4) is 22.6 Å². The van der Waals surface area contributed by atoms with Crippen LogP contribution >= 0.6 is 0 Å². The molecule has 176 valence electrons. The van der Waals surface area contributed by atoms with E-state index in [0.717, 1.165) is 5.56 Å². The maximum atomic E-state index is 13.0. The number of alkyl halides is 2. The molecule has 1 saturated carbocycles. The Morgan fingerprint density at radius 1 is 1.18 bits per heavy atom. The van der Waals surface area contributed by atoms with Gasteiger partial charge in [0.2, 0.25) is 15.8 Å². The average Bonchev–Trinajstić information content (AvgIpc) is 3.26. The zero-order valence-corrected chi connectivity index (χ0v) is 18.5. The lowest BCUT2D eigenvalue weighted by atomic mass is 9.94. The molecule has 1 aliphatic carbocycles. The molecule has 0 aliphatic heterocycles. The van der Waals surface area contributed by atoms with Gasteiger partial charge in [0.25, 0.3) is 5.89 Å². The molecule has 0 saturated heterocycles. The summed E-state index contributed by atoms with van der Waals surface area (Å²) < 4.78 is 59.2. The van der Waals surface area contributed by atoms with E-state index in [1.807, 2.05) is 0 Å². The molecule has 1 aliphatic rings. The number of hydrogen-bond acceptors (Lipinski definition) is 8. The first-order valence-corrected chi connectivity index (χ1v) is 11.8. The zero-order valence-electron chi connectivity index (χ0n) is 17.7. The van der Waals surface area contributed by atoms with E-state index >= 15 is 0 Å². The molecule has 0 bridgehead atoms. The Hall–Kier alpha value is -2.96. The summed E-state index contributed by atoms with van der Waals surface area (Å²) in [5.74, 6) is -0.967. The van der Waals surface area contributed by atoms with Gasteiger partial charge in [-0.2, -0.15) is 4.98 Å². The molecule has 0 unspecified atom stereocenters.